The van der Waals surface area contributed by atoms with Crippen LogP contribution < -0.4 is 5.32 Å². The number of hydrogen-bond acceptors (Lipinski definition) is 2. The fourth-order valence-corrected chi connectivity index (χ4v) is 2.94. The van der Waals surface area contributed by atoms with E-state index in [1.807, 2.05) is 13.1 Å². The quantitative estimate of drug-likeness (QED) is 0.888. The molecule has 0 bridgehead atoms. The van der Waals surface area contributed by atoms with Crippen LogP contribution in [-0.2, 0) is 0 Å². The van der Waals surface area contributed by atoms with Gasteiger partial charge >= 0.3 is 0 Å². The Morgan fingerprint density at radius 1 is 1.21 bits per heavy atom. The molecule has 1 heterocycles. The summed E-state index contributed by atoms with van der Waals surface area (Å²) < 4.78 is 5.18. The molecule has 1 fully saturated rings. The number of halogens is 1. The van der Waals surface area contributed by atoms with Crippen molar-refractivity contribution < 1.29 is 4.42 Å². The Hall–Kier alpha value is -1.25. The molecule has 1 atom stereocenters. The Bertz CT molecular complexity index is 542. The van der Waals surface area contributed by atoms with Crippen molar-refractivity contribution in [3.05, 3.63) is 58.5 Å². The van der Waals surface area contributed by atoms with Crippen LogP contribution in [0.15, 0.2) is 41.0 Å². The lowest BCUT2D eigenvalue weighted by Crippen LogP contribution is -2.17. The first kappa shape index (κ1) is 12.8. The topological polar surface area (TPSA) is 25.2 Å². The van der Waals surface area contributed by atoms with Gasteiger partial charge in [0, 0.05) is 5.56 Å². The number of benzene rings is 1. The smallest absolute Gasteiger partial charge is 0.198 e. The van der Waals surface area contributed by atoms with Crippen LogP contribution >= 0.6 is 11.6 Å². The molecule has 100 valence electrons. The van der Waals surface area contributed by atoms with Crippen molar-refractivity contribution in [1.82, 2.24) is 5.32 Å². The van der Waals surface area contributed by atoms with Gasteiger partial charge in [-0.25, -0.2) is 0 Å². The molecule has 1 aromatic heterocycles. The van der Waals surface area contributed by atoms with Crippen LogP contribution in [-0.4, -0.2) is 7.05 Å². The minimum absolute atomic E-state index is 0.0849. The largest absolute Gasteiger partial charge is 0.453 e. The molecule has 3 heteroatoms. The molecular weight excluding hydrogens is 258 g/mol. The summed E-state index contributed by atoms with van der Waals surface area (Å²) in [5, 5.41) is 3.75. The first-order chi connectivity index (χ1) is 9.29. The lowest BCUT2D eigenvalue weighted by atomic mass is 9.79. The second kappa shape index (κ2) is 5.40. The van der Waals surface area contributed by atoms with Gasteiger partial charge in [-0.05, 0) is 54.6 Å². The van der Waals surface area contributed by atoms with Crippen LogP contribution in [0.3, 0.4) is 0 Å². The van der Waals surface area contributed by atoms with Gasteiger partial charge in [0.25, 0.3) is 0 Å². The molecule has 1 aliphatic rings. The molecule has 1 aliphatic carbocycles. The molecule has 0 aliphatic heterocycles. The van der Waals surface area contributed by atoms with Gasteiger partial charge in [0.05, 0.1) is 12.3 Å². The van der Waals surface area contributed by atoms with Crippen LogP contribution in [0.1, 0.15) is 47.9 Å². The van der Waals surface area contributed by atoms with E-state index in [1.54, 1.807) is 6.26 Å². The number of hydrogen-bond donors (Lipinski definition) is 1. The van der Waals surface area contributed by atoms with E-state index in [4.69, 9.17) is 16.0 Å². The second-order valence-corrected chi connectivity index (χ2v) is 5.51. The molecule has 2 aromatic rings. The highest BCUT2D eigenvalue weighted by Crippen LogP contribution is 2.37. The van der Waals surface area contributed by atoms with Crippen molar-refractivity contribution in [2.75, 3.05) is 7.05 Å². The fourth-order valence-electron chi connectivity index (χ4n) is 2.71. The molecule has 0 amide bonds. The SMILES string of the molecule is CNC(c1ccc(C2CCC2)cc1)c1ccoc1Cl. The highest BCUT2D eigenvalue weighted by atomic mass is 35.5. The molecule has 1 saturated carbocycles. The monoisotopic (exact) mass is 275 g/mol. The predicted octanol–water partition coefficient (Wildman–Crippen LogP) is 4.51. The number of nitrogens with one attached hydrogen (secondary N) is 1. The van der Waals surface area contributed by atoms with E-state index in [-0.39, 0.29) is 6.04 Å². The van der Waals surface area contributed by atoms with Crippen molar-refractivity contribution in [2.45, 2.75) is 31.2 Å². The van der Waals surface area contributed by atoms with E-state index < -0.39 is 0 Å². The molecule has 0 saturated heterocycles. The van der Waals surface area contributed by atoms with Crippen LogP contribution in [0.2, 0.25) is 5.22 Å². The van der Waals surface area contributed by atoms with Gasteiger partial charge in [-0.15, -0.1) is 0 Å². The molecule has 3 rings (SSSR count). The Kier molecular flexibility index (Phi) is 3.63. The van der Waals surface area contributed by atoms with Crippen LogP contribution in [0.5, 0.6) is 0 Å². The molecule has 1 aromatic carbocycles. The summed E-state index contributed by atoms with van der Waals surface area (Å²) in [4.78, 5) is 0. The lowest BCUT2D eigenvalue weighted by Gasteiger charge is -2.26. The summed E-state index contributed by atoms with van der Waals surface area (Å²) in [6.07, 6.45) is 5.67. The van der Waals surface area contributed by atoms with Gasteiger partial charge in [0.2, 0.25) is 0 Å². The van der Waals surface area contributed by atoms with Gasteiger partial charge in [0.1, 0.15) is 0 Å². The molecule has 19 heavy (non-hydrogen) atoms. The Balaban J connectivity index is 1.85. The number of rotatable bonds is 4. The van der Waals surface area contributed by atoms with Gasteiger partial charge in [-0.1, -0.05) is 30.7 Å². The summed E-state index contributed by atoms with van der Waals surface area (Å²) in [5.41, 5.74) is 3.66. The highest BCUT2D eigenvalue weighted by Gasteiger charge is 2.21. The Morgan fingerprint density at radius 3 is 2.42 bits per heavy atom. The average molecular weight is 276 g/mol. The molecule has 1 unspecified atom stereocenters. The molecular formula is C16H18ClNO. The van der Waals surface area contributed by atoms with Crippen molar-refractivity contribution >= 4 is 11.6 Å². The Morgan fingerprint density at radius 2 is 1.95 bits per heavy atom. The van der Waals surface area contributed by atoms with E-state index in [0.29, 0.717) is 5.22 Å². The van der Waals surface area contributed by atoms with Crippen molar-refractivity contribution in [3.8, 4) is 0 Å². The van der Waals surface area contributed by atoms with E-state index >= 15 is 0 Å². The van der Waals surface area contributed by atoms with Crippen molar-refractivity contribution in [2.24, 2.45) is 0 Å². The normalized spacial score (nSPS) is 17.2. The van der Waals surface area contributed by atoms with E-state index in [9.17, 15) is 0 Å². The maximum atomic E-state index is 6.07. The summed E-state index contributed by atoms with van der Waals surface area (Å²) in [6, 6.07) is 10.9. The van der Waals surface area contributed by atoms with Crippen LogP contribution in [0.4, 0.5) is 0 Å². The third-order valence-corrected chi connectivity index (χ3v) is 4.40. The zero-order valence-electron chi connectivity index (χ0n) is 11.0. The first-order valence-corrected chi connectivity index (χ1v) is 7.17. The zero-order valence-corrected chi connectivity index (χ0v) is 11.8. The third kappa shape index (κ3) is 2.43. The molecule has 0 radical (unpaired) electrons. The average Bonchev–Trinajstić information content (AvgIpc) is 2.77. The zero-order chi connectivity index (χ0) is 13.2. The van der Waals surface area contributed by atoms with E-state index in [2.05, 4.69) is 29.6 Å². The summed E-state index contributed by atoms with van der Waals surface area (Å²) in [7, 11) is 1.94. The van der Waals surface area contributed by atoms with E-state index in [0.717, 1.165) is 11.5 Å². The van der Waals surface area contributed by atoms with E-state index in [1.165, 1.54) is 30.4 Å². The highest BCUT2D eigenvalue weighted by molar-refractivity contribution is 6.29. The van der Waals surface area contributed by atoms with Gasteiger partial charge in [-0.3, -0.25) is 0 Å². The first-order valence-electron chi connectivity index (χ1n) is 6.79. The number of furan rings is 1. The predicted molar refractivity (Wildman–Crippen MR) is 77.7 cm³/mol. The van der Waals surface area contributed by atoms with Gasteiger partial charge in [0.15, 0.2) is 5.22 Å². The Labute approximate surface area is 118 Å². The molecule has 2 nitrogen and oxygen atoms in total. The lowest BCUT2D eigenvalue weighted by molar-refractivity contribution is 0.419. The minimum Gasteiger partial charge on any atom is -0.453 e. The second-order valence-electron chi connectivity index (χ2n) is 5.17. The minimum atomic E-state index is 0.0849. The summed E-state index contributed by atoms with van der Waals surface area (Å²) >= 11 is 6.07. The summed E-state index contributed by atoms with van der Waals surface area (Å²) in [5.74, 6) is 0.777. The van der Waals surface area contributed by atoms with Crippen LogP contribution in [0, 0.1) is 0 Å². The van der Waals surface area contributed by atoms with Crippen molar-refractivity contribution in [1.29, 1.82) is 0 Å². The maximum Gasteiger partial charge on any atom is 0.198 e. The standard InChI is InChI=1S/C16H18ClNO/c1-18-15(14-9-10-19-16(14)17)13-7-5-12(6-8-13)11-3-2-4-11/h5-11,15,18H,2-4H2,1H3. The fraction of sp³-hybridized carbons (Fsp3) is 0.375. The maximum absolute atomic E-state index is 6.07. The molecule has 1 N–H and O–H groups in total. The van der Waals surface area contributed by atoms with Crippen molar-refractivity contribution in [3.63, 3.8) is 0 Å². The molecule has 0 spiro atoms. The summed E-state index contributed by atoms with van der Waals surface area (Å²) in [6.45, 7) is 0. The van der Waals surface area contributed by atoms with Gasteiger partial charge in [-0.2, -0.15) is 0 Å². The van der Waals surface area contributed by atoms with Gasteiger partial charge < -0.3 is 9.73 Å². The van der Waals surface area contributed by atoms with Crippen LogP contribution in [0.25, 0.3) is 0 Å². The third-order valence-electron chi connectivity index (χ3n) is 4.09.